The molecular weight excluding hydrogens is 434 g/mol. The Kier molecular flexibility index (Phi) is 5.94. The smallest absolute Gasteiger partial charge is 0.341 e. The lowest BCUT2D eigenvalue weighted by Gasteiger charge is -2.27. The maximum Gasteiger partial charge on any atom is 0.341 e. The van der Waals surface area contributed by atoms with Crippen LogP contribution < -0.4 is 10.1 Å². The van der Waals surface area contributed by atoms with Crippen molar-refractivity contribution in [3.8, 4) is 11.5 Å². The van der Waals surface area contributed by atoms with Crippen molar-refractivity contribution in [3.05, 3.63) is 75.7 Å². The van der Waals surface area contributed by atoms with Gasteiger partial charge in [0.05, 0.1) is 18.1 Å². The van der Waals surface area contributed by atoms with E-state index in [2.05, 4.69) is 12.2 Å². The van der Waals surface area contributed by atoms with Crippen LogP contribution in [-0.2, 0) is 22.4 Å². The molecule has 1 N–H and O–H groups in total. The lowest BCUT2D eigenvalue weighted by Crippen LogP contribution is -2.25. The molecule has 2 aromatic carbocycles. The van der Waals surface area contributed by atoms with Gasteiger partial charge in [-0.3, -0.25) is 4.79 Å². The van der Waals surface area contributed by atoms with Gasteiger partial charge in [0, 0.05) is 16.0 Å². The fourth-order valence-electron chi connectivity index (χ4n) is 4.70. The van der Waals surface area contributed by atoms with Gasteiger partial charge >= 0.3 is 5.97 Å². The zero-order chi connectivity index (χ0) is 22.9. The first-order valence-electron chi connectivity index (χ1n) is 11.5. The Morgan fingerprint density at radius 1 is 1.09 bits per heavy atom. The van der Waals surface area contributed by atoms with Crippen LogP contribution in [0.5, 0.6) is 11.5 Å². The molecule has 1 atom stereocenters. The molecule has 1 aromatic heterocycles. The predicted octanol–water partition coefficient (Wildman–Crippen LogP) is 6.32. The Bertz CT molecular complexity index is 1170. The van der Waals surface area contributed by atoms with E-state index in [1.807, 2.05) is 55.5 Å². The molecule has 0 fully saturated rings. The molecule has 33 heavy (non-hydrogen) atoms. The summed E-state index contributed by atoms with van der Waals surface area (Å²) in [5.74, 6) is 0.884. The molecule has 6 heteroatoms. The molecule has 5 rings (SSSR count). The standard InChI is InChI=1S/C27H27NO4S/c1-3-14-31-27(30)24-19-13-12-16(2)15-22(19)33-26(24)28-25(29)23-17-8-4-6-10-20(17)32-21-11-7-5-9-18(21)23/h4-11,16,23H,3,12-15H2,1-2H3,(H,28,29)/t16-/m0/s1. The average molecular weight is 462 g/mol. The molecule has 0 bridgehead atoms. The monoisotopic (exact) mass is 461 g/mol. The van der Waals surface area contributed by atoms with E-state index in [-0.39, 0.29) is 11.9 Å². The highest BCUT2D eigenvalue weighted by Crippen LogP contribution is 2.45. The van der Waals surface area contributed by atoms with Gasteiger partial charge < -0.3 is 14.8 Å². The molecule has 5 nitrogen and oxygen atoms in total. The van der Waals surface area contributed by atoms with Crippen molar-refractivity contribution in [2.75, 3.05) is 11.9 Å². The Morgan fingerprint density at radius 2 is 1.76 bits per heavy atom. The Balaban J connectivity index is 1.53. The number of thiophene rings is 1. The molecule has 0 spiro atoms. The normalized spacial score (nSPS) is 16.7. The molecule has 1 aliphatic heterocycles. The lowest BCUT2D eigenvalue weighted by molar-refractivity contribution is -0.116. The zero-order valence-corrected chi connectivity index (χ0v) is 19.7. The Morgan fingerprint density at radius 3 is 2.42 bits per heavy atom. The van der Waals surface area contributed by atoms with Gasteiger partial charge in [-0.25, -0.2) is 4.79 Å². The first kappa shape index (κ1) is 21.7. The molecule has 0 saturated heterocycles. The molecule has 3 aromatic rings. The highest BCUT2D eigenvalue weighted by molar-refractivity contribution is 7.17. The topological polar surface area (TPSA) is 64.6 Å². The quantitative estimate of drug-likeness (QED) is 0.452. The number of anilines is 1. The third-order valence-electron chi connectivity index (χ3n) is 6.33. The molecule has 0 radical (unpaired) electrons. The second kappa shape index (κ2) is 9.02. The van der Waals surface area contributed by atoms with Crippen molar-refractivity contribution < 1.29 is 19.1 Å². The fourth-order valence-corrected chi connectivity index (χ4v) is 6.10. The number of benzene rings is 2. The molecule has 1 amide bonds. The van der Waals surface area contributed by atoms with Crippen LogP contribution >= 0.6 is 11.3 Å². The van der Waals surface area contributed by atoms with Crippen LogP contribution in [-0.4, -0.2) is 18.5 Å². The van der Waals surface area contributed by atoms with Gasteiger partial charge in [0.1, 0.15) is 16.5 Å². The highest BCUT2D eigenvalue weighted by atomic mass is 32.1. The summed E-state index contributed by atoms with van der Waals surface area (Å²) in [5.41, 5.74) is 3.22. The van der Waals surface area contributed by atoms with Crippen LogP contribution in [0.15, 0.2) is 48.5 Å². The molecule has 170 valence electrons. The molecule has 0 saturated carbocycles. The van der Waals surface area contributed by atoms with Gasteiger partial charge in [-0.05, 0) is 49.3 Å². The van der Waals surface area contributed by atoms with Crippen LogP contribution in [0.4, 0.5) is 5.00 Å². The number of esters is 1. The zero-order valence-electron chi connectivity index (χ0n) is 18.9. The fraction of sp³-hybridized carbons (Fsp3) is 0.333. The minimum absolute atomic E-state index is 0.172. The number of fused-ring (bicyclic) bond motifs is 3. The van der Waals surface area contributed by atoms with Crippen molar-refractivity contribution >= 4 is 28.2 Å². The summed E-state index contributed by atoms with van der Waals surface area (Å²) in [6.07, 6.45) is 3.55. The predicted molar refractivity (Wildman–Crippen MR) is 130 cm³/mol. The summed E-state index contributed by atoms with van der Waals surface area (Å²) in [4.78, 5) is 27.9. The van der Waals surface area contributed by atoms with Crippen LogP contribution in [0, 0.1) is 5.92 Å². The van der Waals surface area contributed by atoms with Gasteiger partial charge in [-0.1, -0.05) is 50.2 Å². The molecular formula is C27H27NO4S. The largest absolute Gasteiger partial charge is 0.462 e. The van der Waals surface area contributed by atoms with E-state index in [4.69, 9.17) is 9.47 Å². The number of nitrogens with one attached hydrogen (secondary N) is 1. The number of carbonyl (C=O) groups excluding carboxylic acids is 2. The van der Waals surface area contributed by atoms with Crippen LogP contribution in [0.2, 0.25) is 0 Å². The summed E-state index contributed by atoms with van der Waals surface area (Å²) in [7, 11) is 0. The Labute approximate surface area is 197 Å². The van der Waals surface area contributed by atoms with Crippen molar-refractivity contribution in [2.45, 2.75) is 45.4 Å². The molecule has 0 unspecified atom stereocenters. The van der Waals surface area contributed by atoms with Crippen molar-refractivity contribution in [1.82, 2.24) is 0 Å². The van der Waals surface area contributed by atoms with E-state index in [9.17, 15) is 9.59 Å². The first-order valence-corrected chi connectivity index (χ1v) is 12.4. The summed E-state index contributed by atoms with van der Waals surface area (Å²) in [5, 5.41) is 3.71. The third kappa shape index (κ3) is 4.04. The van der Waals surface area contributed by atoms with E-state index in [0.29, 0.717) is 34.6 Å². The number of rotatable bonds is 5. The van der Waals surface area contributed by atoms with Gasteiger partial charge in [0.15, 0.2) is 0 Å². The van der Waals surface area contributed by atoms with E-state index < -0.39 is 5.92 Å². The number of hydrogen-bond donors (Lipinski definition) is 1. The van der Waals surface area contributed by atoms with Crippen molar-refractivity contribution in [2.24, 2.45) is 5.92 Å². The van der Waals surface area contributed by atoms with Crippen LogP contribution in [0.3, 0.4) is 0 Å². The van der Waals surface area contributed by atoms with Gasteiger partial charge in [0.25, 0.3) is 0 Å². The molecule has 2 heterocycles. The third-order valence-corrected chi connectivity index (χ3v) is 7.50. The molecule has 1 aliphatic carbocycles. The number of para-hydroxylation sites is 2. The second-order valence-electron chi connectivity index (χ2n) is 8.79. The lowest BCUT2D eigenvalue weighted by atomic mass is 9.87. The number of ether oxygens (including phenoxy) is 2. The van der Waals surface area contributed by atoms with E-state index in [0.717, 1.165) is 42.4 Å². The average Bonchev–Trinajstić information content (AvgIpc) is 3.17. The minimum atomic E-state index is -0.524. The maximum absolute atomic E-state index is 13.7. The first-order chi connectivity index (χ1) is 16.1. The van der Waals surface area contributed by atoms with Gasteiger partial charge in [-0.2, -0.15) is 0 Å². The van der Waals surface area contributed by atoms with Gasteiger partial charge in [-0.15, -0.1) is 11.3 Å². The number of hydrogen-bond acceptors (Lipinski definition) is 5. The van der Waals surface area contributed by atoms with E-state index in [1.54, 1.807) is 0 Å². The highest BCUT2D eigenvalue weighted by Gasteiger charge is 2.35. The van der Waals surface area contributed by atoms with E-state index >= 15 is 0 Å². The number of carbonyl (C=O) groups is 2. The van der Waals surface area contributed by atoms with Crippen LogP contribution in [0.1, 0.15) is 64.5 Å². The summed E-state index contributed by atoms with van der Waals surface area (Å²) in [6, 6.07) is 15.2. The SMILES string of the molecule is CCCOC(=O)c1c(NC(=O)C2c3ccccc3Oc3ccccc32)sc2c1CC[C@H](C)C2. The van der Waals surface area contributed by atoms with E-state index in [1.165, 1.54) is 16.2 Å². The number of amides is 1. The van der Waals surface area contributed by atoms with Crippen molar-refractivity contribution in [3.63, 3.8) is 0 Å². The molecule has 2 aliphatic rings. The Hall–Kier alpha value is -3.12. The minimum Gasteiger partial charge on any atom is -0.462 e. The second-order valence-corrected chi connectivity index (χ2v) is 9.90. The van der Waals surface area contributed by atoms with Gasteiger partial charge in [0.2, 0.25) is 5.91 Å². The maximum atomic E-state index is 13.7. The summed E-state index contributed by atoms with van der Waals surface area (Å²) in [6.45, 7) is 4.57. The summed E-state index contributed by atoms with van der Waals surface area (Å²) < 4.78 is 11.5. The van der Waals surface area contributed by atoms with Crippen molar-refractivity contribution in [1.29, 1.82) is 0 Å². The van der Waals surface area contributed by atoms with Crippen LogP contribution in [0.25, 0.3) is 0 Å². The summed E-state index contributed by atoms with van der Waals surface area (Å²) >= 11 is 1.52.